The van der Waals surface area contributed by atoms with E-state index < -0.39 is 17.7 Å². The maximum Gasteiger partial charge on any atom is 0.130 e. The molecule has 0 fully saturated rings. The molecule has 2 rings (SSSR count). The van der Waals surface area contributed by atoms with E-state index in [9.17, 15) is 13.9 Å². The number of rotatable bonds is 8. The van der Waals surface area contributed by atoms with Crippen LogP contribution in [0, 0.1) is 11.6 Å². The van der Waals surface area contributed by atoms with Gasteiger partial charge >= 0.3 is 0 Å². The Bertz CT molecular complexity index is 653. The van der Waals surface area contributed by atoms with E-state index in [1.54, 1.807) is 12.3 Å². The van der Waals surface area contributed by atoms with Gasteiger partial charge in [0.15, 0.2) is 0 Å². The molecule has 0 radical (unpaired) electrons. The largest absolute Gasteiger partial charge is 0.468 e. The van der Waals surface area contributed by atoms with Gasteiger partial charge in [-0.1, -0.05) is 6.07 Å². The molecular weight excluding hydrogens is 328 g/mol. The lowest BCUT2D eigenvalue weighted by molar-refractivity contribution is -0.0576. The van der Waals surface area contributed by atoms with E-state index in [0.29, 0.717) is 17.9 Å². The molecule has 25 heavy (non-hydrogen) atoms. The Labute approximate surface area is 147 Å². The molecule has 1 N–H and O–H groups in total. The van der Waals surface area contributed by atoms with Crippen LogP contribution < -0.4 is 0 Å². The quantitative estimate of drug-likeness (QED) is 0.785. The van der Waals surface area contributed by atoms with Gasteiger partial charge in [0.2, 0.25) is 0 Å². The molecule has 1 unspecified atom stereocenters. The lowest BCUT2D eigenvalue weighted by Gasteiger charge is -2.27. The van der Waals surface area contributed by atoms with Crippen LogP contribution in [0.5, 0.6) is 0 Å². The number of halogens is 2. The van der Waals surface area contributed by atoms with Crippen LogP contribution in [0.2, 0.25) is 0 Å². The summed E-state index contributed by atoms with van der Waals surface area (Å²) >= 11 is 0. The van der Waals surface area contributed by atoms with Crippen molar-refractivity contribution in [1.29, 1.82) is 0 Å². The van der Waals surface area contributed by atoms with Gasteiger partial charge in [-0.25, -0.2) is 8.78 Å². The lowest BCUT2D eigenvalue weighted by atomic mass is 10.1. The Hall–Kier alpha value is -1.76. The highest BCUT2D eigenvalue weighted by molar-refractivity contribution is 5.18. The molecule has 0 bridgehead atoms. The number of ether oxygens (including phenoxy) is 1. The molecular formula is C19H25F2NO3. The predicted octanol–water partition coefficient (Wildman–Crippen LogP) is 3.74. The zero-order valence-electron chi connectivity index (χ0n) is 14.8. The standard InChI is InChI=1S/C19H25F2NO3/c1-19(2,3)25-13-16(23)11-22(12-17-5-4-8-24-17)10-14-6-7-15(20)9-18(14)21/h4-9,16,23H,10-13H2,1-3H3. The minimum Gasteiger partial charge on any atom is -0.468 e. The molecule has 0 spiro atoms. The van der Waals surface area contributed by atoms with Gasteiger partial charge in [-0.05, 0) is 39.0 Å². The van der Waals surface area contributed by atoms with Crippen molar-refractivity contribution in [3.63, 3.8) is 0 Å². The summed E-state index contributed by atoms with van der Waals surface area (Å²) in [5, 5.41) is 10.3. The molecule has 0 aliphatic heterocycles. The van der Waals surface area contributed by atoms with Crippen molar-refractivity contribution < 1.29 is 23.0 Å². The first-order valence-electron chi connectivity index (χ1n) is 8.23. The monoisotopic (exact) mass is 353 g/mol. The average Bonchev–Trinajstić information content (AvgIpc) is 3.00. The third-order valence-electron chi connectivity index (χ3n) is 3.55. The molecule has 2 aromatic rings. The zero-order valence-corrected chi connectivity index (χ0v) is 14.8. The molecule has 0 aliphatic rings. The normalized spacial score (nSPS) is 13.4. The molecule has 138 valence electrons. The molecule has 1 heterocycles. The van der Waals surface area contributed by atoms with E-state index in [0.717, 1.165) is 6.07 Å². The van der Waals surface area contributed by atoms with Crippen LogP contribution in [0.25, 0.3) is 0 Å². The van der Waals surface area contributed by atoms with Crippen LogP contribution in [-0.4, -0.2) is 34.9 Å². The van der Waals surface area contributed by atoms with Crippen molar-refractivity contribution in [3.8, 4) is 0 Å². The topological polar surface area (TPSA) is 45.8 Å². The number of aliphatic hydroxyl groups excluding tert-OH is 1. The van der Waals surface area contributed by atoms with Crippen molar-refractivity contribution in [2.75, 3.05) is 13.2 Å². The van der Waals surface area contributed by atoms with Crippen LogP contribution in [0.3, 0.4) is 0 Å². The van der Waals surface area contributed by atoms with Crippen molar-refractivity contribution in [2.45, 2.75) is 45.6 Å². The summed E-state index contributed by atoms with van der Waals surface area (Å²) in [5.41, 5.74) is 0.00693. The molecule has 1 aromatic carbocycles. The SMILES string of the molecule is CC(C)(C)OCC(O)CN(Cc1ccco1)Cc1ccc(F)cc1F. The van der Waals surface area contributed by atoms with Crippen molar-refractivity contribution >= 4 is 0 Å². The molecule has 1 aromatic heterocycles. The van der Waals surface area contributed by atoms with Gasteiger partial charge in [0.05, 0.1) is 31.1 Å². The molecule has 4 nitrogen and oxygen atoms in total. The number of aliphatic hydroxyl groups is 1. The Morgan fingerprint density at radius 2 is 1.96 bits per heavy atom. The maximum absolute atomic E-state index is 14.0. The summed E-state index contributed by atoms with van der Waals surface area (Å²) in [4.78, 5) is 1.84. The summed E-state index contributed by atoms with van der Waals surface area (Å²) in [7, 11) is 0. The number of furan rings is 1. The van der Waals surface area contributed by atoms with E-state index >= 15 is 0 Å². The Morgan fingerprint density at radius 1 is 1.20 bits per heavy atom. The van der Waals surface area contributed by atoms with E-state index in [1.807, 2.05) is 31.7 Å². The van der Waals surface area contributed by atoms with Gasteiger partial charge in [0, 0.05) is 24.7 Å². The van der Waals surface area contributed by atoms with Gasteiger partial charge in [-0.15, -0.1) is 0 Å². The third kappa shape index (κ3) is 6.94. The highest BCUT2D eigenvalue weighted by atomic mass is 19.1. The number of hydrogen-bond acceptors (Lipinski definition) is 4. The fourth-order valence-electron chi connectivity index (χ4n) is 2.40. The fourth-order valence-corrected chi connectivity index (χ4v) is 2.40. The minimum absolute atomic E-state index is 0.171. The van der Waals surface area contributed by atoms with Gasteiger partial charge in [0.1, 0.15) is 17.4 Å². The summed E-state index contributed by atoms with van der Waals surface area (Å²) in [6.45, 7) is 6.80. The highest BCUT2D eigenvalue weighted by Crippen LogP contribution is 2.16. The molecule has 0 aliphatic carbocycles. The minimum atomic E-state index is -0.738. The van der Waals surface area contributed by atoms with Gasteiger partial charge in [-0.2, -0.15) is 0 Å². The number of nitrogens with zero attached hydrogens (tertiary/aromatic N) is 1. The first-order chi connectivity index (χ1) is 11.7. The molecule has 6 heteroatoms. The summed E-state index contributed by atoms with van der Waals surface area (Å²) in [6, 6.07) is 7.08. The molecule has 1 atom stereocenters. The summed E-state index contributed by atoms with van der Waals surface area (Å²) in [6.07, 6.45) is 0.822. The van der Waals surface area contributed by atoms with E-state index in [4.69, 9.17) is 9.15 Å². The predicted molar refractivity (Wildman–Crippen MR) is 90.9 cm³/mol. The maximum atomic E-state index is 14.0. The van der Waals surface area contributed by atoms with Gasteiger partial charge < -0.3 is 14.3 Å². The van der Waals surface area contributed by atoms with E-state index in [1.165, 1.54) is 12.1 Å². The van der Waals surface area contributed by atoms with Crippen LogP contribution in [-0.2, 0) is 17.8 Å². The smallest absolute Gasteiger partial charge is 0.130 e. The van der Waals surface area contributed by atoms with Crippen molar-refractivity contribution in [1.82, 2.24) is 4.90 Å². The lowest BCUT2D eigenvalue weighted by Crippen LogP contribution is -2.36. The average molecular weight is 353 g/mol. The Kier molecular flexibility index (Phi) is 6.70. The molecule has 0 amide bonds. The third-order valence-corrected chi connectivity index (χ3v) is 3.55. The molecule has 0 saturated carbocycles. The first-order valence-corrected chi connectivity index (χ1v) is 8.23. The van der Waals surface area contributed by atoms with E-state index in [-0.39, 0.29) is 25.3 Å². The van der Waals surface area contributed by atoms with Gasteiger partial charge in [-0.3, -0.25) is 4.90 Å². The fraction of sp³-hybridized carbons (Fsp3) is 0.474. The van der Waals surface area contributed by atoms with Crippen molar-refractivity contribution in [3.05, 3.63) is 59.6 Å². The zero-order chi connectivity index (χ0) is 18.4. The van der Waals surface area contributed by atoms with Crippen LogP contribution in [0.15, 0.2) is 41.0 Å². The Morgan fingerprint density at radius 3 is 2.56 bits per heavy atom. The van der Waals surface area contributed by atoms with Crippen LogP contribution >= 0.6 is 0 Å². The number of benzene rings is 1. The van der Waals surface area contributed by atoms with Gasteiger partial charge in [0.25, 0.3) is 0 Å². The number of hydrogen-bond donors (Lipinski definition) is 1. The second-order valence-corrected chi connectivity index (χ2v) is 7.06. The molecule has 0 saturated heterocycles. The first kappa shape index (κ1) is 19.6. The van der Waals surface area contributed by atoms with E-state index in [2.05, 4.69) is 0 Å². The highest BCUT2D eigenvalue weighted by Gasteiger charge is 2.19. The summed E-state index contributed by atoms with van der Waals surface area (Å²) in [5.74, 6) is -0.520. The van der Waals surface area contributed by atoms with Crippen LogP contribution in [0.1, 0.15) is 32.1 Å². The second-order valence-electron chi connectivity index (χ2n) is 7.06. The summed E-state index contributed by atoms with van der Waals surface area (Å²) < 4.78 is 38.0. The van der Waals surface area contributed by atoms with Crippen LogP contribution in [0.4, 0.5) is 8.78 Å². The Balaban J connectivity index is 2.04. The van der Waals surface area contributed by atoms with Crippen molar-refractivity contribution in [2.24, 2.45) is 0 Å². The second kappa shape index (κ2) is 8.56.